The van der Waals surface area contributed by atoms with E-state index in [1.165, 1.54) is 12.1 Å². The highest BCUT2D eigenvalue weighted by atomic mass is 19.1. The van der Waals surface area contributed by atoms with Crippen LogP contribution in [-0.2, 0) is 25.7 Å². The van der Waals surface area contributed by atoms with Gasteiger partial charge in [-0.05, 0) is 105 Å². The van der Waals surface area contributed by atoms with Gasteiger partial charge in [0.2, 0.25) is 18.0 Å². The quantitative estimate of drug-likeness (QED) is 0.0588. The molecule has 320 valence electrons. The number of aliphatic hydroxyl groups excluding tert-OH is 2. The summed E-state index contributed by atoms with van der Waals surface area (Å²) >= 11 is 0. The average Bonchev–Trinajstić information content (AvgIpc) is 4.20. The molecule has 11 nitrogen and oxygen atoms in total. The zero-order valence-corrected chi connectivity index (χ0v) is 34.4. The van der Waals surface area contributed by atoms with E-state index in [1.807, 2.05) is 17.0 Å². The monoisotopic (exact) mass is 815 g/mol. The fourth-order valence-electron chi connectivity index (χ4n) is 9.93. The topological polar surface area (TPSA) is 122 Å². The second-order valence-electron chi connectivity index (χ2n) is 17.2. The van der Waals surface area contributed by atoms with Gasteiger partial charge in [0.1, 0.15) is 30.0 Å². The number of carbonyl (C=O) groups is 1. The molecular weight excluding hydrogens is 754 g/mol. The number of fused-ring (bicyclic) bond motifs is 2. The molecular formula is C47H62FN3O8. The van der Waals surface area contributed by atoms with E-state index >= 15 is 0 Å². The molecule has 0 radical (unpaired) electrons. The zero-order chi connectivity index (χ0) is 40.8. The third kappa shape index (κ3) is 9.57. The first-order valence-electron chi connectivity index (χ1n) is 22.2. The van der Waals surface area contributed by atoms with E-state index in [1.54, 1.807) is 18.2 Å². The maximum atomic E-state index is 14.8. The molecule has 2 saturated carbocycles. The van der Waals surface area contributed by atoms with Crippen molar-refractivity contribution in [3.05, 3.63) is 83.7 Å². The predicted octanol–water partition coefficient (Wildman–Crippen LogP) is 7.12. The van der Waals surface area contributed by atoms with Crippen molar-refractivity contribution in [2.75, 3.05) is 52.7 Å². The maximum absolute atomic E-state index is 14.8. The molecule has 2 aromatic rings. The molecule has 2 N–H and O–H groups in total. The first-order valence-corrected chi connectivity index (χ1v) is 22.2. The fourth-order valence-corrected chi connectivity index (χ4v) is 9.93. The Bertz CT molecular complexity index is 1810. The highest BCUT2D eigenvalue weighted by Crippen LogP contribution is 2.62. The van der Waals surface area contributed by atoms with E-state index in [0.29, 0.717) is 38.2 Å². The van der Waals surface area contributed by atoms with Crippen LogP contribution in [-0.4, -0.2) is 102 Å². The Morgan fingerprint density at radius 3 is 2.54 bits per heavy atom. The fraction of sp³-hybridized carbons (Fsp3) is 0.617. The van der Waals surface area contributed by atoms with Crippen molar-refractivity contribution in [3.63, 3.8) is 0 Å². The highest BCUT2D eigenvalue weighted by molar-refractivity contribution is 6.03. The number of benzene rings is 2. The summed E-state index contributed by atoms with van der Waals surface area (Å²) in [5.74, 6) is -0.709. The number of hydrogen-bond acceptors (Lipinski definition) is 10. The first-order chi connectivity index (χ1) is 28.9. The van der Waals surface area contributed by atoms with Gasteiger partial charge in [-0.15, -0.1) is 6.58 Å². The number of unbranched alkanes of at least 4 members (excludes halogenated alkanes) is 2. The Kier molecular flexibility index (Phi) is 13.7. The number of nitrogens with zero attached hydrogens (tertiary/aromatic N) is 3. The molecule has 0 bridgehead atoms. The molecule has 2 aromatic carbocycles. The van der Waals surface area contributed by atoms with Crippen LogP contribution in [0.4, 0.5) is 4.39 Å². The number of allylic oxidation sites excluding steroid dienone is 1. The minimum absolute atomic E-state index is 0.0162. The summed E-state index contributed by atoms with van der Waals surface area (Å²) in [6, 6.07) is 11.8. The van der Waals surface area contributed by atoms with Crippen LogP contribution >= 0.6 is 0 Å². The first kappa shape index (κ1) is 41.9. The predicted molar refractivity (Wildman–Crippen MR) is 221 cm³/mol. The minimum Gasteiger partial charge on any atom is -0.492 e. The third-order valence-corrected chi connectivity index (χ3v) is 13.1. The van der Waals surface area contributed by atoms with E-state index < -0.39 is 24.0 Å². The summed E-state index contributed by atoms with van der Waals surface area (Å²) in [6.45, 7) is 8.96. The Morgan fingerprint density at radius 2 is 1.83 bits per heavy atom. The minimum atomic E-state index is -1.37. The highest BCUT2D eigenvalue weighted by Gasteiger charge is 2.66. The number of aliphatic hydroxyl groups is 2. The van der Waals surface area contributed by atoms with Gasteiger partial charge in [0, 0.05) is 69.6 Å². The van der Waals surface area contributed by atoms with Crippen LogP contribution in [0.2, 0.25) is 0 Å². The lowest BCUT2D eigenvalue weighted by atomic mass is 9.55. The number of hydrogen-bond donors (Lipinski definition) is 2. The molecule has 6 aliphatic rings. The van der Waals surface area contributed by atoms with Gasteiger partial charge in [-0.2, -0.15) is 0 Å². The van der Waals surface area contributed by atoms with E-state index in [2.05, 4.69) is 23.6 Å². The van der Waals surface area contributed by atoms with Gasteiger partial charge in [0.05, 0.1) is 24.8 Å². The molecule has 2 saturated heterocycles. The van der Waals surface area contributed by atoms with Crippen molar-refractivity contribution in [3.8, 4) is 11.5 Å². The molecule has 7 unspecified atom stereocenters. The second-order valence-corrected chi connectivity index (χ2v) is 17.2. The number of rotatable bonds is 21. The lowest BCUT2D eigenvalue weighted by molar-refractivity contribution is -0.258. The van der Waals surface area contributed by atoms with Gasteiger partial charge in [0.25, 0.3) is 0 Å². The van der Waals surface area contributed by atoms with Crippen LogP contribution < -0.4 is 9.47 Å². The van der Waals surface area contributed by atoms with Crippen LogP contribution in [0.15, 0.2) is 71.9 Å². The Hall–Kier alpha value is -3.81. The number of carbonyl (C=O) groups excluding carboxylic acids is 1. The van der Waals surface area contributed by atoms with Crippen molar-refractivity contribution in [2.24, 2.45) is 28.8 Å². The molecule has 3 heterocycles. The van der Waals surface area contributed by atoms with Crippen LogP contribution in [0.5, 0.6) is 11.5 Å². The molecule has 4 fully saturated rings. The molecule has 1 amide bonds. The van der Waals surface area contributed by atoms with Gasteiger partial charge in [0.15, 0.2) is 0 Å². The normalized spacial score (nSPS) is 29.1. The summed E-state index contributed by atoms with van der Waals surface area (Å²) in [5.41, 5.74) is 3.55. The molecule has 0 aromatic heterocycles. The summed E-state index contributed by atoms with van der Waals surface area (Å²) in [5, 5.41) is 24.8. The summed E-state index contributed by atoms with van der Waals surface area (Å²) in [4.78, 5) is 25.3. The van der Waals surface area contributed by atoms with Crippen molar-refractivity contribution in [1.82, 2.24) is 9.80 Å². The lowest BCUT2D eigenvalue weighted by Gasteiger charge is -2.60. The lowest BCUT2D eigenvalue weighted by Crippen LogP contribution is -2.70. The average molecular weight is 816 g/mol. The zero-order valence-electron chi connectivity index (χ0n) is 34.4. The number of halogens is 1. The molecule has 3 aliphatic carbocycles. The number of ether oxygens (including phenoxy) is 4. The smallest absolute Gasteiger partial charge is 0.239 e. The van der Waals surface area contributed by atoms with E-state index in [9.17, 15) is 19.4 Å². The number of amides is 1. The second kappa shape index (κ2) is 19.3. The largest absolute Gasteiger partial charge is 0.492 e. The molecule has 3 aliphatic heterocycles. The molecule has 12 heteroatoms. The van der Waals surface area contributed by atoms with Gasteiger partial charge >= 0.3 is 0 Å². The van der Waals surface area contributed by atoms with Crippen molar-refractivity contribution in [1.29, 1.82) is 0 Å². The van der Waals surface area contributed by atoms with E-state index in [0.717, 1.165) is 106 Å². The van der Waals surface area contributed by atoms with Gasteiger partial charge in [-0.3, -0.25) is 9.69 Å². The Morgan fingerprint density at radius 1 is 1.03 bits per heavy atom. The summed E-state index contributed by atoms with van der Waals surface area (Å²) < 4.78 is 41.2. The number of oxime groups is 1. The Balaban J connectivity index is 1.30. The van der Waals surface area contributed by atoms with Crippen LogP contribution in [0.1, 0.15) is 94.1 Å². The molecule has 59 heavy (non-hydrogen) atoms. The molecule has 8 rings (SSSR count). The maximum Gasteiger partial charge on any atom is 0.239 e. The van der Waals surface area contributed by atoms with Gasteiger partial charge < -0.3 is 38.9 Å². The van der Waals surface area contributed by atoms with Crippen molar-refractivity contribution in [2.45, 2.75) is 108 Å². The summed E-state index contributed by atoms with van der Waals surface area (Å²) in [7, 11) is 0. The van der Waals surface area contributed by atoms with E-state index in [4.69, 9.17) is 28.9 Å². The molecule has 7 atom stereocenters. The van der Waals surface area contributed by atoms with Crippen LogP contribution in [0.25, 0.3) is 0 Å². The van der Waals surface area contributed by atoms with Gasteiger partial charge in [-0.25, -0.2) is 4.39 Å². The Labute approximate surface area is 348 Å². The van der Waals surface area contributed by atoms with Crippen LogP contribution in [0.3, 0.4) is 0 Å². The van der Waals surface area contributed by atoms with Crippen molar-refractivity contribution < 1.29 is 43.2 Å². The standard InChI is InChI=1S/C47H62FN3O8/c1-2-25-57-47-42(51(46(54)33-14-15-33)31-32-12-16-35(48)17-13-32)30-40(49-59-43-11-5-8-26-56-43)38-28-34(9-3-6-23-52)37(10-4-7-24-53)44(45(38)47)39-29-36(18-19-41(39)58-47)55-27-22-50-20-21-50/h2,12-13,16-19,28-29,33-34,37,42-45,52-53H,1,3-11,14-15,20-27,30-31H2. The van der Waals surface area contributed by atoms with Gasteiger partial charge in [-0.1, -0.05) is 42.3 Å². The summed E-state index contributed by atoms with van der Waals surface area (Å²) in [6.07, 6.45) is 13.0. The third-order valence-electron chi connectivity index (χ3n) is 13.1. The SMILES string of the molecule is C=CCOC12Oc3ccc(OCCN4CC4)cc3C3C(CCCCO)C(CCCCO)C=C(C(=NOC4CCCCO4)CC1N(Cc1ccc(F)cc1)C(=O)C1CC1)C32. The van der Waals surface area contributed by atoms with Crippen molar-refractivity contribution >= 4 is 11.6 Å². The van der Waals surface area contributed by atoms with Crippen LogP contribution in [0, 0.1) is 29.5 Å². The van der Waals surface area contributed by atoms with E-state index in [-0.39, 0.29) is 61.8 Å². The molecule has 0 spiro atoms.